The number of aliphatic hydroxyl groups excluding tert-OH is 1. The van der Waals surface area contributed by atoms with Gasteiger partial charge in [-0.2, -0.15) is 0 Å². The van der Waals surface area contributed by atoms with Crippen LogP contribution in [-0.4, -0.2) is 41.4 Å². The number of hydrogen-bond acceptors (Lipinski definition) is 5. The summed E-state index contributed by atoms with van der Waals surface area (Å²) in [7, 11) is 1.50. The van der Waals surface area contributed by atoms with Crippen molar-refractivity contribution in [3.05, 3.63) is 42.2 Å². The predicted octanol–water partition coefficient (Wildman–Crippen LogP) is 1.61. The number of hydrogen-bond donors (Lipinski definition) is 2. The summed E-state index contributed by atoms with van der Waals surface area (Å²) >= 11 is 0. The van der Waals surface area contributed by atoms with E-state index < -0.39 is 0 Å². The summed E-state index contributed by atoms with van der Waals surface area (Å²) in [6.07, 6.45) is 1.32. The maximum absolute atomic E-state index is 12.5. The fourth-order valence-electron chi connectivity index (χ4n) is 2.54. The van der Waals surface area contributed by atoms with Crippen molar-refractivity contribution in [1.29, 1.82) is 0 Å². The average Bonchev–Trinajstić information content (AvgIpc) is 2.94. The van der Waals surface area contributed by atoms with Crippen LogP contribution in [0.3, 0.4) is 0 Å². The largest absolute Gasteiger partial charge is 0.481 e. The molecule has 22 heavy (non-hydrogen) atoms. The van der Waals surface area contributed by atoms with Gasteiger partial charge in [-0.25, -0.2) is 14.8 Å². The molecular weight excluding hydrogens is 284 g/mol. The second-order valence-corrected chi connectivity index (χ2v) is 4.92. The van der Waals surface area contributed by atoms with Crippen LogP contribution < -0.4 is 15.0 Å². The number of aromatic nitrogens is 2. The normalized spacial score (nSPS) is 16.3. The third-order valence-corrected chi connectivity index (χ3v) is 3.62. The first-order valence-electron chi connectivity index (χ1n) is 6.87. The smallest absolute Gasteiger partial charge is 0.327 e. The van der Waals surface area contributed by atoms with Gasteiger partial charge in [0.1, 0.15) is 12.1 Å². The molecular formula is C15H16N4O3. The van der Waals surface area contributed by atoms with Crippen molar-refractivity contribution in [1.82, 2.24) is 9.97 Å². The van der Waals surface area contributed by atoms with E-state index in [1.54, 1.807) is 11.0 Å². The monoisotopic (exact) mass is 300 g/mol. The molecule has 1 aromatic heterocycles. The number of benzene rings is 1. The maximum Gasteiger partial charge on any atom is 0.327 e. The van der Waals surface area contributed by atoms with Crippen molar-refractivity contribution in [2.24, 2.45) is 0 Å². The number of fused-ring (bicyclic) bond motifs is 1. The Morgan fingerprint density at radius 1 is 1.45 bits per heavy atom. The quantitative estimate of drug-likeness (QED) is 0.899. The molecule has 1 unspecified atom stereocenters. The van der Waals surface area contributed by atoms with E-state index in [1.807, 2.05) is 24.3 Å². The summed E-state index contributed by atoms with van der Waals surface area (Å²) in [5.41, 5.74) is 1.78. The van der Waals surface area contributed by atoms with Crippen molar-refractivity contribution >= 4 is 17.5 Å². The van der Waals surface area contributed by atoms with Crippen molar-refractivity contribution in [3.63, 3.8) is 0 Å². The van der Waals surface area contributed by atoms with Gasteiger partial charge in [0.05, 0.1) is 13.7 Å². The van der Waals surface area contributed by atoms with E-state index in [-0.39, 0.29) is 18.6 Å². The first kappa shape index (κ1) is 14.3. The zero-order chi connectivity index (χ0) is 15.5. The van der Waals surface area contributed by atoms with Gasteiger partial charge in [0.2, 0.25) is 5.88 Å². The van der Waals surface area contributed by atoms with E-state index in [0.717, 1.165) is 11.3 Å². The molecule has 0 aliphatic carbocycles. The Hall–Kier alpha value is -2.67. The highest BCUT2D eigenvalue weighted by molar-refractivity contribution is 6.02. The van der Waals surface area contributed by atoms with Crippen molar-refractivity contribution < 1.29 is 14.6 Å². The number of amides is 2. The Bertz CT molecular complexity index is 692. The summed E-state index contributed by atoms with van der Waals surface area (Å²) in [6, 6.07) is 8.81. The number of ether oxygens (including phenoxy) is 1. The highest BCUT2D eigenvalue weighted by Crippen LogP contribution is 2.35. The number of carbonyl (C=O) groups excluding carboxylic acids is 1. The molecule has 0 saturated heterocycles. The molecule has 1 aliphatic rings. The Labute approximate surface area is 127 Å². The molecule has 0 spiro atoms. The van der Waals surface area contributed by atoms with Gasteiger partial charge in [-0.3, -0.25) is 10.2 Å². The van der Waals surface area contributed by atoms with Crippen LogP contribution in [0, 0.1) is 0 Å². The van der Waals surface area contributed by atoms with Crippen LogP contribution in [0.25, 0.3) is 0 Å². The number of methoxy groups -OCH3 is 1. The van der Waals surface area contributed by atoms with E-state index in [9.17, 15) is 9.90 Å². The topological polar surface area (TPSA) is 87.6 Å². The predicted molar refractivity (Wildman–Crippen MR) is 81.2 cm³/mol. The van der Waals surface area contributed by atoms with Gasteiger partial charge >= 0.3 is 6.03 Å². The van der Waals surface area contributed by atoms with E-state index in [0.29, 0.717) is 18.2 Å². The third kappa shape index (κ3) is 2.58. The molecule has 2 heterocycles. The van der Waals surface area contributed by atoms with Gasteiger partial charge in [-0.1, -0.05) is 18.2 Å². The van der Waals surface area contributed by atoms with E-state index >= 15 is 0 Å². The van der Waals surface area contributed by atoms with Gasteiger partial charge in [0.15, 0.2) is 0 Å². The molecule has 7 heteroatoms. The molecule has 2 aromatic rings. The molecule has 2 amide bonds. The molecule has 3 rings (SSSR count). The van der Waals surface area contributed by atoms with Crippen LogP contribution in [0.5, 0.6) is 5.88 Å². The van der Waals surface area contributed by atoms with Gasteiger partial charge in [0.25, 0.3) is 0 Å². The molecule has 0 bridgehead atoms. The van der Waals surface area contributed by atoms with Gasteiger partial charge < -0.3 is 9.84 Å². The third-order valence-electron chi connectivity index (χ3n) is 3.62. The van der Waals surface area contributed by atoms with Crippen LogP contribution in [0.15, 0.2) is 36.7 Å². The van der Waals surface area contributed by atoms with Gasteiger partial charge in [-0.05, 0) is 11.6 Å². The molecule has 1 atom stereocenters. The molecule has 0 radical (unpaired) electrons. The van der Waals surface area contributed by atoms with E-state index in [2.05, 4.69) is 15.3 Å². The number of anilines is 2. The number of urea groups is 1. The Kier molecular flexibility index (Phi) is 3.88. The highest BCUT2D eigenvalue weighted by Gasteiger charge is 2.31. The second kappa shape index (κ2) is 5.98. The number of carbonyl (C=O) groups is 1. The Morgan fingerprint density at radius 3 is 3.05 bits per heavy atom. The molecule has 2 N–H and O–H groups in total. The summed E-state index contributed by atoms with van der Waals surface area (Å²) in [5.74, 6) is 0.670. The summed E-state index contributed by atoms with van der Waals surface area (Å²) < 4.78 is 5.00. The molecule has 0 fully saturated rings. The SMILES string of the molecule is COc1cc(NC(=O)N2CC(CO)c3ccccc32)ncn1. The number of nitrogens with zero attached hydrogens (tertiary/aromatic N) is 3. The van der Waals surface area contributed by atoms with E-state index in [4.69, 9.17) is 4.74 Å². The Morgan fingerprint density at radius 2 is 2.27 bits per heavy atom. The first-order chi connectivity index (χ1) is 10.7. The summed E-state index contributed by atoms with van der Waals surface area (Å²) in [6.45, 7) is 0.437. The lowest BCUT2D eigenvalue weighted by Gasteiger charge is -2.18. The highest BCUT2D eigenvalue weighted by atomic mass is 16.5. The first-order valence-corrected chi connectivity index (χ1v) is 6.87. The lowest BCUT2D eigenvalue weighted by Crippen LogP contribution is -2.34. The Balaban J connectivity index is 1.81. The number of nitrogens with one attached hydrogen (secondary N) is 1. The number of rotatable bonds is 3. The van der Waals surface area contributed by atoms with Crippen LogP contribution in [-0.2, 0) is 0 Å². The fourth-order valence-corrected chi connectivity index (χ4v) is 2.54. The molecule has 0 saturated carbocycles. The van der Waals surface area contributed by atoms with Gasteiger partial charge in [0, 0.05) is 24.2 Å². The molecule has 1 aliphatic heterocycles. The molecule has 114 valence electrons. The van der Waals surface area contributed by atoms with Crippen molar-refractivity contribution in [2.45, 2.75) is 5.92 Å². The second-order valence-electron chi connectivity index (χ2n) is 4.92. The van der Waals surface area contributed by atoms with Crippen LogP contribution in [0.4, 0.5) is 16.3 Å². The van der Waals surface area contributed by atoms with Crippen LogP contribution >= 0.6 is 0 Å². The minimum atomic E-state index is -0.302. The summed E-state index contributed by atoms with van der Waals surface area (Å²) in [5, 5.41) is 12.2. The fraction of sp³-hybridized carbons (Fsp3) is 0.267. The maximum atomic E-state index is 12.5. The minimum Gasteiger partial charge on any atom is -0.481 e. The summed E-state index contributed by atoms with van der Waals surface area (Å²) in [4.78, 5) is 22.0. The molecule has 7 nitrogen and oxygen atoms in total. The standard InChI is InChI=1S/C15H16N4O3/c1-22-14-6-13(16-9-17-14)18-15(21)19-7-10(8-20)11-4-2-3-5-12(11)19/h2-6,9-10,20H,7-8H2,1H3,(H,16,17,18,21). The number of para-hydroxylation sites is 1. The van der Waals surface area contributed by atoms with E-state index in [1.165, 1.54) is 13.4 Å². The minimum absolute atomic E-state index is 0.00211. The van der Waals surface area contributed by atoms with Crippen molar-refractivity contribution in [2.75, 3.05) is 30.5 Å². The zero-order valence-electron chi connectivity index (χ0n) is 12.1. The lowest BCUT2D eigenvalue weighted by atomic mass is 10.0. The van der Waals surface area contributed by atoms with Crippen LogP contribution in [0.1, 0.15) is 11.5 Å². The van der Waals surface area contributed by atoms with Gasteiger partial charge in [-0.15, -0.1) is 0 Å². The molecule has 1 aromatic carbocycles. The van der Waals surface area contributed by atoms with Crippen LogP contribution in [0.2, 0.25) is 0 Å². The lowest BCUT2D eigenvalue weighted by molar-refractivity contribution is 0.253. The number of aliphatic hydroxyl groups is 1. The average molecular weight is 300 g/mol. The van der Waals surface area contributed by atoms with Crippen molar-refractivity contribution in [3.8, 4) is 5.88 Å². The zero-order valence-corrected chi connectivity index (χ0v) is 12.1.